The molecule has 9 nitrogen and oxygen atoms in total. The maximum Gasteiger partial charge on any atom is 0.329 e. The predicted molar refractivity (Wildman–Crippen MR) is 169 cm³/mol. The number of cyclic esters (lactones) is 1. The van der Waals surface area contributed by atoms with E-state index in [9.17, 15) is 29.4 Å². The second-order valence-corrected chi connectivity index (χ2v) is 13.0. The molecule has 2 saturated heterocycles. The average Bonchev–Trinajstić information content (AvgIpc) is 3.05. The predicted octanol–water partition coefficient (Wildman–Crippen LogP) is 4.34. The highest BCUT2D eigenvalue weighted by atomic mass is 16.6. The van der Waals surface area contributed by atoms with Crippen LogP contribution in [0, 0.1) is 23.7 Å². The number of fused-ring (bicyclic) bond motifs is 3. The van der Waals surface area contributed by atoms with Gasteiger partial charge in [-0.2, -0.15) is 0 Å². The van der Waals surface area contributed by atoms with Crippen molar-refractivity contribution >= 4 is 23.4 Å². The second-order valence-electron chi connectivity index (χ2n) is 13.0. The van der Waals surface area contributed by atoms with Gasteiger partial charge >= 0.3 is 5.97 Å². The summed E-state index contributed by atoms with van der Waals surface area (Å²) in [5.74, 6) is -7.50. The third kappa shape index (κ3) is 7.99. The van der Waals surface area contributed by atoms with Crippen molar-refractivity contribution in [1.82, 2.24) is 4.90 Å². The highest BCUT2D eigenvalue weighted by Gasteiger charge is 2.54. The van der Waals surface area contributed by atoms with Crippen molar-refractivity contribution in [3.8, 4) is 0 Å². The molecule has 9 heteroatoms. The minimum absolute atomic E-state index is 0.0625. The Balaban J connectivity index is 1.69. The number of amides is 1. The normalized spacial score (nSPS) is 36.1. The van der Waals surface area contributed by atoms with E-state index in [1.54, 1.807) is 26.8 Å². The number of ether oxygens (including phenoxy) is 2. The minimum Gasteiger partial charge on any atom is -0.456 e. The van der Waals surface area contributed by atoms with E-state index in [-0.39, 0.29) is 18.2 Å². The summed E-state index contributed by atoms with van der Waals surface area (Å²) >= 11 is 0. The number of hydrogen-bond acceptors (Lipinski definition) is 8. The zero-order chi connectivity index (χ0) is 32.7. The zero-order valence-corrected chi connectivity index (χ0v) is 27.0. The van der Waals surface area contributed by atoms with E-state index in [2.05, 4.69) is 0 Å². The van der Waals surface area contributed by atoms with E-state index < -0.39 is 65.6 Å². The number of nitrogens with zero attached hydrogens (tertiary/aromatic N) is 1. The summed E-state index contributed by atoms with van der Waals surface area (Å²) in [7, 11) is 0. The maximum atomic E-state index is 13.8. The molecule has 3 heterocycles. The number of allylic oxidation sites excluding steroid dienone is 3. The van der Waals surface area contributed by atoms with Gasteiger partial charge in [0.1, 0.15) is 12.1 Å². The van der Waals surface area contributed by atoms with E-state index in [1.165, 1.54) is 11.0 Å². The van der Waals surface area contributed by atoms with Crippen molar-refractivity contribution < 1.29 is 38.9 Å². The van der Waals surface area contributed by atoms with Crippen LogP contribution < -0.4 is 0 Å². The number of carbonyl (C=O) groups is 4. The maximum absolute atomic E-state index is 13.8. The molecule has 0 radical (unpaired) electrons. The van der Waals surface area contributed by atoms with E-state index in [1.807, 2.05) is 49.4 Å². The van der Waals surface area contributed by atoms with Gasteiger partial charge in [-0.25, -0.2) is 4.79 Å². The van der Waals surface area contributed by atoms with E-state index in [0.717, 1.165) is 5.56 Å². The fourth-order valence-electron chi connectivity index (χ4n) is 6.75. The lowest BCUT2D eigenvalue weighted by molar-refractivity contribution is -0.274. The SMILES string of the molecule is CC[C@H](Cc1ccccc1)[C@@H]1/C=C/C/C=C/C(=O)[C@@H](C)[C@H](O)[C@@H](C)[C@@H]2CC[C@@H](C)[C@@](O)(O2)C(=O)C(=O)N2CCCC[C@H]2C(=O)O1. The van der Waals surface area contributed by atoms with Crippen LogP contribution in [0.3, 0.4) is 0 Å². The van der Waals surface area contributed by atoms with Crippen LogP contribution in [-0.4, -0.2) is 75.2 Å². The number of benzene rings is 1. The lowest BCUT2D eigenvalue weighted by atomic mass is 9.80. The van der Waals surface area contributed by atoms with Crippen LogP contribution in [-0.2, 0) is 35.1 Å². The van der Waals surface area contributed by atoms with Gasteiger partial charge in [-0.05, 0) is 69.1 Å². The lowest BCUT2D eigenvalue weighted by Crippen LogP contribution is -2.61. The third-order valence-corrected chi connectivity index (χ3v) is 9.99. The molecule has 2 fully saturated rings. The molecule has 3 aliphatic rings. The van der Waals surface area contributed by atoms with Crippen molar-refractivity contribution in [2.75, 3.05) is 6.54 Å². The van der Waals surface area contributed by atoms with Crippen LogP contribution in [0.15, 0.2) is 54.6 Å². The van der Waals surface area contributed by atoms with Gasteiger partial charge in [0.05, 0.1) is 12.2 Å². The molecule has 246 valence electrons. The van der Waals surface area contributed by atoms with Crippen LogP contribution in [0.1, 0.15) is 78.2 Å². The smallest absolute Gasteiger partial charge is 0.329 e. The molecule has 0 aromatic heterocycles. The highest BCUT2D eigenvalue weighted by molar-refractivity contribution is 6.39. The van der Waals surface area contributed by atoms with Gasteiger partial charge in [0.25, 0.3) is 11.7 Å². The molecule has 0 aliphatic carbocycles. The third-order valence-electron chi connectivity index (χ3n) is 9.99. The first-order valence-electron chi connectivity index (χ1n) is 16.5. The zero-order valence-electron chi connectivity index (χ0n) is 27.0. The molecule has 45 heavy (non-hydrogen) atoms. The average molecular weight is 624 g/mol. The number of rotatable bonds is 4. The van der Waals surface area contributed by atoms with Gasteiger partial charge in [0, 0.05) is 30.2 Å². The van der Waals surface area contributed by atoms with Crippen molar-refractivity contribution in [3.05, 3.63) is 60.2 Å². The van der Waals surface area contributed by atoms with Crippen LogP contribution in [0.25, 0.3) is 0 Å². The first kappa shape index (κ1) is 34.7. The van der Waals surface area contributed by atoms with E-state index >= 15 is 0 Å². The Labute approximate surface area is 266 Å². The number of aliphatic hydroxyl groups excluding tert-OH is 1. The first-order valence-corrected chi connectivity index (χ1v) is 16.5. The molecule has 1 aromatic rings. The summed E-state index contributed by atoms with van der Waals surface area (Å²) in [5.41, 5.74) is 1.10. The first-order chi connectivity index (χ1) is 21.5. The van der Waals surface area contributed by atoms with Crippen LogP contribution in [0.4, 0.5) is 0 Å². The summed E-state index contributed by atoms with van der Waals surface area (Å²) < 4.78 is 12.1. The lowest BCUT2D eigenvalue weighted by Gasteiger charge is -2.44. The monoisotopic (exact) mass is 623 g/mol. The Hall–Kier alpha value is -3.14. The summed E-state index contributed by atoms with van der Waals surface area (Å²) in [6.07, 6.45) is 8.62. The Morgan fingerprint density at radius 3 is 2.44 bits per heavy atom. The molecule has 1 aromatic carbocycles. The minimum atomic E-state index is -2.43. The van der Waals surface area contributed by atoms with Gasteiger partial charge in [-0.3, -0.25) is 14.4 Å². The summed E-state index contributed by atoms with van der Waals surface area (Å²) in [4.78, 5) is 55.5. The fraction of sp³-hybridized carbons (Fsp3) is 0.611. The topological polar surface area (TPSA) is 130 Å². The van der Waals surface area contributed by atoms with Gasteiger partial charge in [-0.1, -0.05) is 70.2 Å². The van der Waals surface area contributed by atoms with E-state index in [4.69, 9.17) is 9.47 Å². The Morgan fingerprint density at radius 2 is 1.73 bits per heavy atom. The van der Waals surface area contributed by atoms with E-state index in [0.29, 0.717) is 51.4 Å². The number of ketones is 2. The van der Waals surface area contributed by atoms with Gasteiger partial charge < -0.3 is 24.6 Å². The number of hydrogen-bond donors (Lipinski definition) is 2. The fourth-order valence-corrected chi connectivity index (χ4v) is 6.75. The molecule has 0 unspecified atom stereocenters. The summed E-state index contributed by atoms with van der Waals surface area (Å²) in [6.45, 7) is 7.21. The Bertz CT molecular complexity index is 1260. The molecular formula is C36H49NO8. The Morgan fingerprint density at radius 1 is 1.00 bits per heavy atom. The molecule has 0 spiro atoms. The van der Waals surface area contributed by atoms with Crippen molar-refractivity contribution in [3.63, 3.8) is 0 Å². The largest absolute Gasteiger partial charge is 0.456 e. The molecule has 9 atom stereocenters. The molecule has 2 N–H and O–H groups in total. The molecule has 2 bridgehead atoms. The van der Waals surface area contributed by atoms with Crippen molar-refractivity contribution in [2.45, 2.75) is 109 Å². The number of carbonyl (C=O) groups excluding carboxylic acids is 4. The number of Topliss-reactive ketones (excluding diaryl/α,β-unsaturated/α-hetero) is 1. The Kier molecular flexibility index (Phi) is 11.9. The number of aliphatic hydroxyl groups is 2. The highest BCUT2D eigenvalue weighted by Crippen LogP contribution is 2.38. The number of esters is 1. The van der Waals surface area contributed by atoms with Crippen molar-refractivity contribution in [2.24, 2.45) is 23.7 Å². The van der Waals surface area contributed by atoms with Gasteiger partial charge in [0.2, 0.25) is 5.79 Å². The summed E-state index contributed by atoms with van der Waals surface area (Å²) in [5, 5.41) is 22.7. The number of piperidine rings is 1. The quantitative estimate of drug-likeness (QED) is 0.288. The standard InChI is InChI=1S/C36H49NO8/c1-5-27(22-26-14-8-6-9-15-26)31-18-11-7-10-17-29(38)24(3)32(39)25(4)30-20-19-23(2)36(43,45-30)33(40)34(41)37-21-13-12-16-28(37)35(42)44-31/h6,8-11,14-15,17-18,23-25,27-28,30-32,39,43H,5,7,12-13,16,19-22H2,1-4H3/b17-10+,18-11+/t23-,24-,25+,27-,28+,30+,31+,32+,36-/m1/s1. The van der Waals surface area contributed by atoms with Gasteiger partial charge in [0.15, 0.2) is 5.78 Å². The summed E-state index contributed by atoms with van der Waals surface area (Å²) in [6, 6.07) is 8.96. The molecule has 1 amide bonds. The molecule has 0 saturated carbocycles. The molecule has 4 rings (SSSR count). The molecular weight excluding hydrogens is 574 g/mol. The van der Waals surface area contributed by atoms with Crippen molar-refractivity contribution in [1.29, 1.82) is 0 Å². The van der Waals surface area contributed by atoms with Gasteiger partial charge in [-0.15, -0.1) is 0 Å². The molecule has 3 aliphatic heterocycles. The van der Waals surface area contributed by atoms with Crippen LogP contribution >= 0.6 is 0 Å². The van der Waals surface area contributed by atoms with Crippen LogP contribution in [0.2, 0.25) is 0 Å². The van der Waals surface area contributed by atoms with Crippen LogP contribution in [0.5, 0.6) is 0 Å². The second kappa shape index (κ2) is 15.4.